The maximum Gasteiger partial charge on any atom is 0.411 e. The third-order valence-electron chi connectivity index (χ3n) is 5.43. The van der Waals surface area contributed by atoms with Crippen molar-refractivity contribution in [3.05, 3.63) is 77.0 Å². The second-order valence-corrected chi connectivity index (χ2v) is 9.39. The number of hydrogen-bond donors (Lipinski definition) is 1. The number of halogens is 1. The fourth-order valence-corrected chi connectivity index (χ4v) is 4.32. The molecule has 3 atom stereocenters. The molecule has 0 saturated carbocycles. The molecule has 8 nitrogen and oxygen atoms in total. The van der Waals surface area contributed by atoms with Crippen molar-refractivity contribution >= 4 is 17.7 Å². The van der Waals surface area contributed by atoms with Crippen molar-refractivity contribution in [3.63, 3.8) is 0 Å². The van der Waals surface area contributed by atoms with Crippen LogP contribution in [0.3, 0.4) is 0 Å². The number of piperidine rings is 1. The third kappa shape index (κ3) is 5.17. The summed E-state index contributed by atoms with van der Waals surface area (Å²) >= 11 is 6.47. The van der Waals surface area contributed by atoms with Gasteiger partial charge in [-0.2, -0.15) is 0 Å². The fraction of sp³-hybridized carbons (Fsp3) is 0.417. The highest BCUT2D eigenvalue weighted by Crippen LogP contribution is 2.43. The predicted octanol–water partition coefficient (Wildman–Crippen LogP) is 5.40. The second-order valence-electron chi connectivity index (χ2n) is 8.98. The minimum absolute atomic E-state index is 0.158. The van der Waals surface area contributed by atoms with Crippen LogP contribution >= 0.6 is 11.6 Å². The summed E-state index contributed by atoms with van der Waals surface area (Å²) in [5.74, 6) is 0.158. The first kappa shape index (κ1) is 23.2. The maximum absolute atomic E-state index is 13.4. The summed E-state index contributed by atoms with van der Waals surface area (Å²) in [4.78, 5) is 28.3. The van der Waals surface area contributed by atoms with Gasteiger partial charge in [0, 0.05) is 6.20 Å². The van der Waals surface area contributed by atoms with Gasteiger partial charge in [-0.3, -0.25) is 14.9 Å². The average Bonchev–Trinajstić information content (AvgIpc) is 3.32. The topological polar surface area (TPSA) is 102 Å². The number of rotatable bonds is 4. The Morgan fingerprint density at radius 1 is 1.18 bits per heavy atom. The number of aliphatic hydroxyl groups excluding tert-OH is 1. The number of likely N-dealkylation sites (tertiary alicyclic amines) is 1. The van der Waals surface area contributed by atoms with Crippen LogP contribution in [0.5, 0.6) is 0 Å². The lowest BCUT2D eigenvalue weighted by atomic mass is 9.91. The Hall–Kier alpha value is -2.97. The largest absolute Gasteiger partial charge is 0.446 e. The van der Waals surface area contributed by atoms with E-state index < -0.39 is 17.8 Å². The van der Waals surface area contributed by atoms with Gasteiger partial charge in [0.1, 0.15) is 11.9 Å². The molecule has 1 aliphatic rings. The number of carbonyl (C=O) groups excluding carboxylic acids is 1. The van der Waals surface area contributed by atoms with E-state index in [0.29, 0.717) is 34.9 Å². The lowest BCUT2D eigenvalue weighted by molar-refractivity contribution is -0.00799. The normalized spacial score (nSPS) is 19.8. The van der Waals surface area contributed by atoms with E-state index in [2.05, 4.69) is 15.0 Å². The van der Waals surface area contributed by atoms with Gasteiger partial charge in [-0.05, 0) is 64.3 Å². The van der Waals surface area contributed by atoms with Crippen LogP contribution in [0.15, 0.2) is 53.4 Å². The van der Waals surface area contributed by atoms with E-state index in [1.54, 1.807) is 35.4 Å². The first-order valence-corrected chi connectivity index (χ1v) is 11.3. The number of nitrogens with zero attached hydrogens (tertiary/aromatic N) is 4. The highest BCUT2D eigenvalue weighted by molar-refractivity contribution is 6.31. The van der Waals surface area contributed by atoms with Gasteiger partial charge in [0.25, 0.3) is 0 Å². The number of amides is 1. The quantitative estimate of drug-likeness (QED) is 0.544. The number of carbonyl (C=O) groups is 1. The molecule has 3 aromatic rings. The molecule has 0 aliphatic carbocycles. The molecular formula is C24H27ClN4O4. The molecule has 0 aromatic carbocycles. The van der Waals surface area contributed by atoms with Crippen molar-refractivity contribution in [2.24, 2.45) is 0 Å². The van der Waals surface area contributed by atoms with E-state index in [9.17, 15) is 9.90 Å². The van der Waals surface area contributed by atoms with Crippen molar-refractivity contribution in [2.45, 2.75) is 63.8 Å². The Morgan fingerprint density at radius 2 is 1.97 bits per heavy atom. The molecule has 0 spiro atoms. The van der Waals surface area contributed by atoms with Gasteiger partial charge in [0.05, 0.1) is 40.4 Å². The molecule has 1 aliphatic heterocycles. The molecule has 1 N–H and O–H groups in total. The van der Waals surface area contributed by atoms with Crippen LogP contribution in [0, 0.1) is 0 Å². The smallest absolute Gasteiger partial charge is 0.411 e. The molecule has 174 valence electrons. The standard InChI is InChI=1S/C24H27ClN4O4/c1-24(2,3)33-23(31)29-18(10-5-11-19(29)20-15(25)7-6-12-26-20)16-8-4-9-17(28-16)21(30)22-27-13-14-32-22/h4,6-9,12-14,18-19,21,30H,5,10-11H2,1-3H3/t18?,19-,21?/m0/s1. The molecule has 2 unspecified atom stereocenters. The fourth-order valence-electron chi connectivity index (χ4n) is 4.07. The molecule has 9 heteroatoms. The van der Waals surface area contributed by atoms with Crippen molar-refractivity contribution in [1.29, 1.82) is 0 Å². The zero-order valence-electron chi connectivity index (χ0n) is 18.8. The number of aliphatic hydroxyl groups is 1. The van der Waals surface area contributed by atoms with Crippen molar-refractivity contribution in [3.8, 4) is 0 Å². The van der Waals surface area contributed by atoms with Crippen molar-refractivity contribution < 1.29 is 19.1 Å². The summed E-state index contributed by atoms with van der Waals surface area (Å²) in [6.07, 6.45) is 5.19. The van der Waals surface area contributed by atoms with Gasteiger partial charge in [-0.1, -0.05) is 17.7 Å². The lowest BCUT2D eigenvalue weighted by Crippen LogP contribution is -2.44. The zero-order valence-corrected chi connectivity index (χ0v) is 19.6. The summed E-state index contributed by atoms with van der Waals surface area (Å²) in [6.45, 7) is 5.49. The van der Waals surface area contributed by atoms with Gasteiger partial charge in [0.15, 0.2) is 6.10 Å². The molecule has 1 fully saturated rings. The number of aromatic nitrogens is 3. The lowest BCUT2D eigenvalue weighted by Gasteiger charge is -2.42. The van der Waals surface area contributed by atoms with E-state index in [4.69, 9.17) is 20.8 Å². The Bertz CT molecular complexity index is 1100. The van der Waals surface area contributed by atoms with E-state index in [1.807, 2.05) is 26.8 Å². The highest BCUT2D eigenvalue weighted by Gasteiger charge is 2.40. The Labute approximate surface area is 197 Å². The van der Waals surface area contributed by atoms with Crippen LogP contribution in [-0.4, -0.2) is 36.7 Å². The van der Waals surface area contributed by atoms with Crippen LogP contribution in [0.2, 0.25) is 5.02 Å². The van der Waals surface area contributed by atoms with Gasteiger partial charge in [0.2, 0.25) is 5.89 Å². The molecule has 0 bridgehead atoms. The van der Waals surface area contributed by atoms with Gasteiger partial charge >= 0.3 is 6.09 Å². The minimum Gasteiger partial charge on any atom is -0.446 e. The van der Waals surface area contributed by atoms with Gasteiger partial charge in [-0.25, -0.2) is 9.78 Å². The van der Waals surface area contributed by atoms with E-state index in [-0.39, 0.29) is 18.0 Å². The number of ether oxygens (including phenoxy) is 1. The summed E-state index contributed by atoms with van der Waals surface area (Å²) in [6, 6.07) is 8.13. The minimum atomic E-state index is -1.11. The molecule has 3 aromatic heterocycles. The SMILES string of the molecule is CC(C)(C)OC(=O)N1C(c2cccc(C(O)c3ncco3)n2)CCC[C@H]1c1ncccc1Cl. The monoisotopic (exact) mass is 470 g/mol. The molecule has 1 saturated heterocycles. The molecule has 33 heavy (non-hydrogen) atoms. The maximum atomic E-state index is 13.4. The van der Waals surface area contributed by atoms with Crippen LogP contribution in [0.1, 0.15) is 81.2 Å². The summed E-state index contributed by atoms with van der Waals surface area (Å²) in [5, 5.41) is 11.1. The van der Waals surface area contributed by atoms with E-state index in [0.717, 1.165) is 6.42 Å². The molecule has 1 amide bonds. The first-order chi connectivity index (χ1) is 15.7. The summed E-state index contributed by atoms with van der Waals surface area (Å²) < 4.78 is 11.0. The predicted molar refractivity (Wildman–Crippen MR) is 121 cm³/mol. The number of oxazole rings is 1. The highest BCUT2D eigenvalue weighted by atomic mass is 35.5. The Balaban J connectivity index is 1.73. The number of pyridine rings is 2. The summed E-state index contributed by atoms with van der Waals surface area (Å²) in [5.41, 5.74) is 0.983. The zero-order chi connectivity index (χ0) is 23.6. The first-order valence-electron chi connectivity index (χ1n) is 10.9. The average molecular weight is 471 g/mol. The van der Waals surface area contributed by atoms with Crippen molar-refractivity contribution in [2.75, 3.05) is 0 Å². The molecular weight excluding hydrogens is 444 g/mol. The molecule has 4 heterocycles. The summed E-state index contributed by atoms with van der Waals surface area (Å²) in [7, 11) is 0. The van der Waals surface area contributed by atoms with Crippen molar-refractivity contribution in [1.82, 2.24) is 19.9 Å². The van der Waals surface area contributed by atoms with E-state index >= 15 is 0 Å². The number of hydrogen-bond acceptors (Lipinski definition) is 7. The van der Waals surface area contributed by atoms with Crippen LogP contribution in [0.25, 0.3) is 0 Å². The third-order valence-corrected chi connectivity index (χ3v) is 5.75. The Kier molecular flexibility index (Phi) is 6.67. The van der Waals surface area contributed by atoms with Crippen LogP contribution in [-0.2, 0) is 4.74 Å². The van der Waals surface area contributed by atoms with Gasteiger partial charge < -0.3 is 14.3 Å². The van der Waals surface area contributed by atoms with E-state index in [1.165, 1.54) is 12.5 Å². The molecule has 4 rings (SSSR count). The van der Waals surface area contributed by atoms with Gasteiger partial charge in [-0.15, -0.1) is 0 Å². The van der Waals surface area contributed by atoms with Crippen LogP contribution < -0.4 is 0 Å². The Morgan fingerprint density at radius 3 is 2.67 bits per heavy atom. The van der Waals surface area contributed by atoms with Crippen LogP contribution in [0.4, 0.5) is 4.79 Å². The molecule has 0 radical (unpaired) electrons. The second kappa shape index (κ2) is 9.49.